The highest BCUT2D eigenvalue weighted by Crippen LogP contribution is 2.26. The summed E-state index contributed by atoms with van der Waals surface area (Å²) in [6.45, 7) is 4.92. The highest BCUT2D eigenvalue weighted by Gasteiger charge is 2.27. The molecular formula is C17H22N2O3. The zero-order valence-electron chi connectivity index (χ0n) is 12.7. The lowest BCUT2D eigenvalue weighted by molar-refractivity contribution is 0.135. The van der Waals surface area contributed by atoms with E-state index in [2.05, 4.69) is 4.90 Å². The van der Waals surface area contributed by atoms with Gasteiger partial charge in [0.05, 0.1) is 18.2 Å². The summed E-state index contributed by atoms with van der Waals surface area (Å²) in [5, 5.41) is 0. The Kier molecular flexibility index (Phi) is 3.76. The van der Waals surface area contributed by atoms with Gasteiger partial charge in [0.25, 0.3) is 0 Å². The molecule has 0 amide bonds. The van der Waals surface area contributed by atoms with Gasteiger partial charge in [-0.1, -0.05) is 12.1 Å². The van der Waals surface area contributed by atoms with E-state index in [0.29, 0.717) is 11.5 Å². The minimum absolute atomic E-state index is 0.215. The Morgan fingerprint density at radius 2 is 2.14 bits per heavy atom. The molecule has 0 spiro atoms. The first-order valence-corrected chi connectivity index (χ1v) is 8.21. The minimum Gasteiger partial charge on any atom is -0.408 e. The molecule has 0 N–H and O–H groups in total. The van der Waals surface area contributed by atoms with E-state index in [1.165, 1.54) is 0 Å². The summed E-state index contributed by atoms with van der Waals surface area (Å²) in [4.78, 5) is 14.7. The summed E-state index contributed by atoms with van der Waals surface area (Å²) in [5.74, 6) is 0.425. The van der Waals surface area contributed by atoms with E-state index in [1.807, 2.05) is 28.8 Å². The molecule has 2 aromatic rings. The number of benzene rings is 1. The smallest absolute Gasteiger partial charge is 0.408 e. The third kappa shape index (κ3) is 2.59. The fourth-order valence-corrected chi connectivity index (χ4v) is 3.83. The Balaban J connectivity index is 1.56. The van der Waals surface area contributed by atoms with Gasteiger partial charge in [-0.05, 0) is 43.9 Å². The van der Waals surface area contributed by atoms with Crippen LogP contribution in [0.4, 0.5) is 0 Å². The fourth-order valence-electron chi connectivity index (χ4n) is 3.83. The molecule has 1 aromatic heterocycles. The number of piperidine rings is 1. The van der Waals surface area contributed by atoms with Crippen molar-refractivity contribution in [3.05, 3.63) is 34.8 Å². The van der Waals surface area contributed by atoms with Gasteiger partial charge in [-0.25, -0.2) is 4.79 Å². The number of aromatic nitrogens is 1. The maximum Gasteiger partial charge on any atom is 0.420 e. The van der Waals surface area contributed by atoms with Crippen LogP contribution in [0, 0.1) is 5.92 Å². The molecule has 5 heteroatoms. The summed E-state index contributed by atoms with van der Waals surface area (Å²) in [6, 6.07) is 7.92. The number of likely N-dealkylation sites (tertiary alicyclic amines) is 1. The van der Waals surface area contributed by atoms with Crippen LogP contribution in [0.1, 0.15) is 25.3 Å². The average Bonchev–Trinajstić information content (AvgIpc) is 3.14. The Hall–Kier alpha value is -1.59. The first-order chi connectivity index (χ1) is 10.8. The van der Waals surface area contributed by atoms with Crippen molar-refractivity contribution in [2.75, 3.05) is 32.8 Å². The quantitative estimate of drug-likeness (QED) is 0.872. The average molecular weight is 302 g/mol. The van der Waals surface area contributed by atoms with Gasteiger partial charge in [0.1, 0.15) is 0 Å². The highest BCUT2D eigenvalue weighted by molar-refractivity contribution is 5.72. The zero-order valence-corrected chi connectivity index (χ0v) is 12.7. The van der Waals surface area contributed by atoms with Crippen LogP contribution in [0.15, 0.2) is 33.5 Å². The zero-order chi connectivity index (χ0) is 14.9. The number of hydrogen-bond donors (Lipinski definition) is 0. The number of ether oxygens (including phenoxy) is 1. The van der Waals surface area contributed by atoms with Crippen molar-refractivity contribution < 1.29 is 9.15 Å². The SMILES string of the molecule is O=c1oc2ccccc2n1C1CCCN(CC2CCOC2)C1. The molecule has 22 heavy (non-hydrogen) atoms. The Bertz CT molecular complexity index is 699. The molecule has 2 fully saturated rings. The highest BCUT2D eigenvalue weighted by atomic mass is 16.5. The Morgan fingerprint density at radius 3 is 3.00 bits per heavy atom. The molecular weight excluding hydrogens is 280 g/mol. The van der Waals surface area contributed by atoms with E-state index < -0.39 is 0 Å². The van der Waals surface area contributed by atoms with E-state index >= 15 is 0 Å². The summed E-state index contributed by atoms with van der Waals surface area (Å²) >= 11 is 0. The lowest BCUT2D eigenvalue weighted by atomic mass is 10.0. The number of hydrogen-bond acceptors (Lipinski definition) is 4. The predicted octanol–water partition coefficient (Wildman–Crippen LogP) is 2.27. The van der Waals surface area contributed by atoms with Gasteiger partial charge in [-0.3, -0.25) is 4.57 Å². The Labute approximate surface area is 129 Å². The van der Waals surface area contributed by atoms with Crippen LogP contribution in [-0.2, 0) is 4.74 Å². The number of fused-ring (bicyclic) bond motifs is 1. The molecule has 2 atom stereocenters. The molecule has 5 nitrogen and oxygen atoms in total. The van der Waals surface area contributed by atoms with Crippen LogP contribution in [-0.4, -0.2) is 42.3 Å². The molecule has 2 saturated heterocycles. The molecule has 0 radical (unpaired) electrons. The van der Waals surface area contributed by atoms with Crippen molar-refractivity contribution in [3.8, 4) is 0 Å². The molecule has 4 rings (SSSR count). The first kappa shape index (κ1) is 14.0. The van der Waals surface area contributed by atoms with Gasteiger partial charge in [0.15, 0.2) is 5.58 Å². The predicted molar refractivity (Wildman–Crippen MR) is 84.1 cm³/mol. The van der Waals surface area contributed by atoms with Gasteiger partial charge in [-0.15, -0.1) is 0 Å². The number of oxazole rings is 1. The van der Waals surface area contributed by atoms with Crippen LogP contribution < -0.4 is 5.76 Å². The van der Waals surface area contributed by atoms with Crippen molar-refractivity contribution in [2.24, 2.45) is 5.92 Å². The van der Waals surface area contributed by atoms with Gasteiger partial charge in [-0.2, -0.15) is 0 Å². The molecule has 118 valence electrons. The molecule has 2 aliphatic rings. The van der Waals surface area contributed by atoms with Crippen molar-refractivity contribution in [2.45, 2.75) is 25.3 Å². The normalized spacial score (nSPS) is 26.7. The third-order valence-electron chi connectivity index (χ3n) is 4.90. The lowest BCUT2D eigenvalue weighted by Crippen LogP contribution is -2.41. The van der Waals surface area contributed by atoms with Crippen molar-refractivity contribution in [1.82, 2.24) is 9.47 Å². The van der Waals surface area contributed by atoms with E-state index in [9.17, 15) is 4.79 Å². The molecule has 0 aliphatic carbocycles. The van der Waals surface area contributed by atoms with Crippen molar-refractivity contribution in [1.29, 1.82) is 0 Å². The summed E-state index contributed by atoms with van der Waals surface area (Å²) in [6.07, 6.45) is 3.33. The van der Waals surface area contributed by atoms with E-state index in [0.717, 1.165) is 57.6 Å². The van der Waals surface area contributed by atoms with E-state index in [1.54, 1.807) is 0 Å². The second-order valence-electron chi connectivity index (χ2n) is 6.49. The number of nitrogens with zero attached hydrogens (tertiary/aromatic N) is 2. The fraction of sp³-hybridized carbons (Fsp3) is 0.588. The maximum atomic E-state index is 12.2. The lowest BCUT2D eigenvalue weighted by Gasteiger charge is -2.34. The van der Waals surface area contributed by atoms with Crippen LogP contribution >= 0.6 is 0 Å². The summed E-state index contributed by atoms with van der Waals surface area (Å²) in [7, 11) is 0. The molecule has 0 bridgehead atoms. The van der Waals surface area contributed by atoms with Gasteiger partial charge in [0, 0.05) is 19.7 Å². The molecule has 3 heterocycles. The molecule has 0 saturated carbocycles. The third-order valence-corrected chi connectivity index (χ3v) is 4.90. The van der Waals surface area contributed by atoms with Crippen LogP contribution in [0.3, 0.4) is 0 Å². The number of para-hydroxylation sites is 2. The molecule has 2 unspecified atom stereocenters. The van der Waals surface area contributed by atoms with E-state index in [-0.39, 0.29) is 11.8 Å². The molecule has 1 aromatic carbocycles. The maximum absolute atomic E-state index is 12.2. The second kappa shape index (κ2) is 5.89. The monoisotopic (exact) mass is 302 g/mol. The standard InChI is InChI=1S/C17H22N2O3/c20-17-19(15-5-1-2-6-16(15)22-17)14-4-3-8-18(11-14)10-13-7-9-21-12-13/h1-2,5-6,13-14H,3-4,7-12H2. The van der Waals surface area contributed by atoms with Crippen LogP contribution in [0.2, 0.25) is 0 Å². The van der Waals surface area contributed by atoms with Gasteiger partial charge < -0.3 is 14.1 Å². The second-order valence-corrected chi connectivity index (χ2v) is 6.49. The van der Waals surface area contributed by atoms with Gasteiger partial charge >= 0.3 is 5.76 Å². The van der Waals surface area contributed by atoms with Gasteiger partial charge in [0.2, 0.25) is 0 Å². The minimum atomic E-state index is -0.225. The Morgan fingerprint density at radius 1 is 1.23 bits per heavy atom. The van der Waals surface area contributed by atoms with Crippen molar-refractivity contribution in [3.63, 3.8) is 0 Å². The van der Waals surface area contributed by atoms with Crippen molar-refractivity contribution >= 4 is 11.1 Å². The largest absolute Gasteiger partial charge is 0.420 e. The van der Waals surface area contributed by atoms with Crippen LogP contribution in [0.25, 0.3) is 11.1 Å². The first-order valence-electron chi connectivity index (χ1n) is 8.21. The molecule has 2 aliphatic heterocycles. The van der Waals surface area contributed by atoms with E-state index in [4.69, 9.17) is 9.15 Å². The topological polar surface area (TPSA) is 47.6 Å². The number of rotatable bonds is 3. The summed E-state index contributed by atoms with van der Waals surface area (Å²) in [5.41, 5.74) is 1.61. The van der Waals surface area contributed by atoms with Crippen LogP contribution in [0.5, 0.6) is 0 Å². The summed E-state index contributed by atoms with van der Waals surface area (Å²) < 4.78 is 12.7.